The second-order valence-corrected chi connectivity index (χ2v) is 4.84. The number of ether oxygens (including phenoxy) is 2. The average Bonchev–Trinajstić information content (AvgIpc) is 2.50. The molecule has 0 radical (unpaired) electrons. The third-order valence-electron chi connectivity index (χ3n) is 3.23. The summed E-state index contributed by atoms with van der Waals surface area (Å²) < 4.78 is 10.5. The van der Waals surface area contributed by atoms with Crippen LogP contribution in [0.25, 0.3) is 0 Å². The van der Waals surface area contributed by atoms with E-state index in [2.05, 4.69) is 10.3 Å². The van der Waals surface area contributed by atoms with E-state index in [4.69, 9.17) is 15.2 Å². The van der Waals surface area contributed by atoms with Crippen LogP contribution in [-0.4, -0.2) is 49.7 Å². The average molecular weight is 308 g/mol. The minimum atomic E-state index is -0.621. The zero-order valence-electron chi connectivity index (χ0n) is 12.7. The number of hydrogen-bond donors (Lipinski definition) is 2. The van der Waals surface area contributed by atoms with Crippen LogP contribution >= 0.6 is 0 Å². The number of methoxy groups -OCH3 is 1. The van der Waals surface area contributed by atoms with E-state index < -0.39 is 6.10 Å². The Morgan fingerprint density at radius 3 is 3.00 bits per heavy atom. The molecule has 0 saturated heterocycles. The number of amides is 2. The summed E-state index contributed by atoms with van der Waals surface area (Å²) in [6.45, 7) is 2.49. The van der Waals surface area contributed by atoms with E-state index >= 15 is 0 Å². The van der Waals surface area contributed by atoms with Gasteiger partial charge in [0.05, 0.1) is 6.61 Å². The van der Waals surface area contributed by atoms with Crippen LogP contribution in [0.15, 0.2) is 12.1 Å². The molecule has 0 saturated carbocycles. The zero-order valence-corrected chi connectivity index (χ0v) is 12.7. The Balaban J connectivity index is 2.18. The minimum Gasteiger partial charge on any atom is -0.477 e. The molecule has 22 heavy (non-hydrogen) atoms. The maximum Gasteiger partial charge on any atom is 0.269 e. The molecule has 3 N–H and O–H groups in total. The predicted octanol–water partition coefficient (Wildman–Crippen LogP) is -0.0696. The molecule has 1 aromatic rings. The minimum absolute atomic E-state index is 0.133. The van der Waals surface area contributed by atoms with Gasteiger partial charge in [0.25, 0.3) is 5.91 Å². The van der Waals surface area contributed by atoms with Crippen LogP contribution in [0.2, 0.25) is 0 Å². The number of hydrogen-bond acceptors (Lipinski definition) is 6. The summed E-state index contributed by atoms with van der Waals surface area (Å²) in [5.74, 6) is 0.393. The van der Waals surface area contributed by atoms with Gasteiger partial charge in [-0.3, -0.25) is 14.5 Å². The van der Waals surface area contributed by atoms with E-state index in [1.807, 2.05) is 6.92 Å². The summed E-state index contributed by atoms with van der Waals surface area (Å²) in [7, 11) is 1.55. The molecule has 0 aromatic carbocycles. The van der Waals surface area contributed by atoms with Crippen molar-refractivity contribution in [2.24, 2.45) is 0 Å². The van der Waals surface area contributed by atoms with Crippen molar-refractivity contribution in [2.75, 3.05) is 37.4 Å². The smallest absolute Gasteiger partial charge is 0.269 e. The normalized spacial score (nSPS) is 16.9. The maximum atomic E-state index is 12.4. The summed E-state index contributed by atoms with van der Waals surface area (Å²) in [4.78, 5) is 29.8. The van der Waals surface area contributed by atoms with Gasteiger partial charge in [-0.25, -0.2) is 4.98 Å². The van der Waals surface area contributed by atoms with Crippen molar-refractivity contribution < 1.29 is 19.1 Å². The summed E-state index contributed by atoms with van der Waals surface area (Å²) in [6, 6.07) is 3.25. The van der Waals surface area contributed by atoms with Crippen molar-refractivity contribution in [1.82, 2.24) is 10.3 Å². The van der Waals surface area contributed by atoms with Gasteiger partial charge in [0.2, 0.25) is 5.91 Å². The summed E-state index contributed by atoms with van der Waals surface area (Å²) in [5, 5.41) is 2.67. The quantitative estimate of drug-likeness (QED) is 0.713. The third kappa shape index (κ3) is 3.45. The molecule has 0 bridgehead atoms. The molecule has 1 atom stereocenters. The Bertz CT molecular complexity index is 564. The number of aromatic nitrogens is 1. The van der Waals surface area contributed by atoms with Gasteiger partial charge < -0.3 is 20.5 Å². The van der Waals surface area contributed by atoms with Gasteiger partial charge >= 0.3 is 0 Å². The van der Waals surface area contributed by atoms with Crippen LogP contribution in [0.3, 0.4) is 0 Å². The van der Waals surface area contributed by atoms with Crippen molar-refractivity contribution in [1.29, 1.82) is 0 Å². The Morgan fingerprint density at radius 1 is 1.55 bits per heavy atom. The van der Waals surface area contributed by atoms with Gasteiger partial charge in [-0.2, -0.15) is 0 Å². The van der Waals surface area contributed by atoms with Crippen molar-refractivity contribution in [3.63, 3.8) is 0 Å². The third-order valence-corrected chi connectivity index (χ3v) is 3.23. The highest BCUT2D eigenvalue weighted by Crippen LogP contribution is 2.33. The molecular formula is C14H20N4O4. The lowest BCUT2D eigenvalue weighted by molar-refractivity contribution is -0.129. The van der Waals surface area contributed by atoms with E-state index in [0.717, 1.165) is 0 Å². The van der Waals surface area contributed by atoms with Crippen LogP contribution in [0.5, 0.6) is 5.75 Å². The van der Waals surface area contributed by atoms with Crippen LogP contribution in [0.4, 0.5) is 11.6 Å². The standard InChI is InChI=1S/C14H20N4O4/c1-3-9-14(20)18(8-12(19)16-6-7-21-2)13-10(22-9)4-5-11(15)17-13/h4-5,9H,3,6-8H2,1-2H3,(H2,15,17)(H,16,19). The Labute approximate surface area is 128 Å². The fourth-order valence-corrected chi connectivity index (χ4v) is 2.12. The molecule has 0 fully saturated rings. The Hall–Kier alpha value is -2.35. The van der Waals surface area contributed by atoms with E-state index in [1.165, 1.54) is 4.90 Å². The molecule has 1 unspecified atom stereocenters. The monoisotopic (exact) mass is 308 g/mol. The number of nitrogens with one attached hydrogen (secondary N) is 1. The highest BCUT2D eigenvalue weighted by Gasteiger charge is 2.35. The molecule has 8 nitrogen and oxygen atoms in total. The van der Waals surface area contributed by atoms with E-state index in [-0.39, 0.29) is 30.0 Å². The van der Waals surface area contributed by atoms with Gasteiger partial charge in [-0.1, -0.05) is 6.92 Å². The number of fused-ring (bicyclic) bond motifs is 1. The second-order valence-electron chi connectivity index (χ2n) is 4.84. The largest absolute Gasteiger partial charge is 0.477 e. The highest BCUT2D eigenvalue weighted by atomic mass is 16.5. The number of nitrogen functional groups attached to an aromatic ring is 1. The summed E-state index contributed by atoms with van der Waals surface area (Å²) >= 11 is 0. The number of anilines is 2. The molecular weight excluding hydrogens is 288 g/mol. The molecule has 1 aromatic heterocycles. The van der Waals surface area contributed by atoms with Crippen molar-refractivity contribution in [2.45, 2.75) is 19.4 Å². The van der Waals surface area contributed by atoms with Crippen molar-refractivity contribution in [3.05, 3.63) is 12.1 Å². The van der Waals surface area contributed by atoms with E-state index in [0.29, 0.717) is 25.3 Å². The van der Waals surface area contributed by atoms with Gasteiger partial charge in [0.1, 0.15) is 12.4 Å². The predicted molar refractivity (Wildman–Crippen MR) is 80.6 cm³/mol. The molecule has 2 rings (SSSR count). The van der Waals surface area contributed by atoms with Gasteiger partial charge in [-0.15, -0.1) is 0 Å². The van der Waals surface area contributed by atoms with Crippen LogP contribution in [0.1, 0.15) is 13.3 Å². The Morgan fingerprint density at radius 2 is 2.32 bits per heavy atom. The van der Waals surface area contributed by atoms with Crippen molar-refractivity contribution >= 4 is 23.5 Å². The SMILES string of the molecule is CCC1Oc2ccc(N)nc2N(CC(=O)NCCOC)C1=O. The van der Waals surface area contributed by atoms with Crippen LogP contribution in [0, 0.1) is 0 Å². The number of carbonyl (C=O) groups excluding carboxylic acids is 2. The number of nitrogens with two attached hydrogens (primary N) is 1. The lowest BCUT2D eigenvalue weighted by atomic mass is 10.2. The topological polar surface area (TPSA) is 107 Å². The lowest BCUT2D eigenvalue weighted by Crippen LogP contribution is -2.50. The summed E-state index contributed by atoms with van der Waals surface area (Å²) in [6.07, 6.45) is -0.116. The molecule has 120 valence electrons. The first-order valence-corrected chi connectivity index (χ1v) is 7.07. The van der Waals surface area contributed by atoms with Crippen molar-refractivity contribution in [3.8, 4) is 5.75 Å². The first-order valence-electron chi connectivity index (χ1n) is 7.07. The Kier molecular flexibility index (Phi) is 5.16. The number of carbonyl (C=O) groups is 2. The molecule has 2 heterocycles. The molecule has 2 amide bonds. The van der Waals surface area contributed by atoms with E-state index in [1.54, 1.807) is 19.2 Å². The molecule has 1 aliphatic heterocycles. The first kappa shape index (κ1) is 16.0. The van der Waals surface area contributed by atoms with Crippen LogP contribution < -0.4 is 20.7 Å². The van der Waals surface area contributed by atoms with Gasteiger partial charge in [0, 0.05) is 13.7 Å². The van der Waals surface area contributed by atoms with E-state index in [9.17, 15) is 9.59 Å². The van der Waals surface area contributed by atoms with Crippen LogP contribution in [-0.2, 0) is 14.3 Å². The lowest BCUT2D eigenvalue weighted by Gasteiger charge is -2.32. The second kappa shape index (κ2) is 7.08. The molecule has 1 aliphatic rings. The molecule has 0 aliphatic carbocycles. The maximum absolute atomic E-state index is 12.4. The highest BCUT2D eigenvalue weighted by molar-refractivity contribution is 6.03. The fourth-order valence-electron chi connectivity index (χ4n) is 2.12. The van der Waals surface area contributed by atoms with Gasteiger partial charge in [-0.05, 0) is 18.6 Å². The fraction of sp³-hybridized carbons (Fsp3) is 0.500. The first-order chi connectivity index (χ1) is 10.6. The zero-order chi connectivity index (χ0) is 16.1. The molecule has 8 heteroatoms. The van der Waals surface area contributed by atoms with Gasteiger partial charge in [0.15, 0.2) is 17.7 Å². The number of nitrogens with zero attached hydrogens (tertiary/aromatic N) is 2. The molecule has 0 spiro atoms. The summed E-state index contributed by atoms with van der Waals surface area (Å²) in [5.41, 5.74) is 5.66. The number of rotatable bonds is 6. The number of pyridine rings is 1.